The van der Waals surface area contributed by atoms with Crippen molar-refractivity contribution in [3.05, 3.63) is 47.7 Å². The van der Waals surface area contributed by atoms with Crippen molar-refractivity contribution < 1.29 is 14.3 Å². The Kier molecular flexibility index (Phi) is 7.80. The predicted octanol–water partition coefficient (Wildman–Crippen LogP) is 2.90. The van der Waals surface area contributed by atoms with E-state index in [0.29, 0.717) is 18.1 Å². The van der Waals surface area contributed by atoms with Crippen molar-refractivity contribution in [2.24, 2.45) is 0 Å². The number of anilines is 1. The number of hydrogen-bond donors (Lipinski definition) is 2. The van der Waals surface area contributed by atoms with Crippen LogP contribution in [0.15, 0.2) is 34.9 Å². The number of aryl methyl sites for hydroxylation is 1. The van der Waals surface area contributed by atoms with E-state index in [9.17, 15) is 9.90 Å². The van der Waals surface area contributed by atoms with Crippen molar-refractivity contribution >= 4 is 11.6 Å². The molecule has 1 saturated heterocycles. The second-order valence-corrected chi connectivity index (χ2v) is 7.82. The molecule has 0 saturated carbocycles. The van der Waals surface area contributed by atoms with Crippen LogP contribution in [0.2, 0.25) is 0 Å². The van der Waals surface area contributed by atoms with E-state index < -0.39 is 0 Å². The van der Waals surface area contributed by atoms with Gasteiger partial charge in [-0.05, 0) is 31.0 Å². The minimum absolute atomic E-state index is 0.234. The van der Waals surface area contributed by atoms with Gasteiger partial charge in [0.05, 0.1) is 12.6 Å². The van der Waals surface area contributed by atoms with Crippen molar-refractivity contribution in [2.45, 2.75) is 45.8 Å². The molecule has 7 nitrogen and oxygen atoms in total. The highest BCUT2D eigenvalue weighted by molar-refractivity contribution is 6.02. The van der Waals surface area contributed by atoms with Gasteiger partial charge in [-0.1, -0.05) is 31.9 Å². The number of aliphatic hydroxyl groups excluding tert-OH is 1. The summed E-state index contributed by atoms with van der Waals surface area (Å²) in [7, 11) is 0. The zero-order chi connectivity index (χ0) is 20.6. The number of unbranched alkanes of at least 4 members (excludes halogenated alkanes) is 1. The molecule has 0 aliphatic carbocycles. The van der Waals surface area contributed by atoms with E-state index in [0.717, 1.165) is 63.2 Å². The Labute approximate surface area is 172 Å². The first-order valence-electron chi connectivity index (χ1n) is 10.5. The Hall–Kier alpha value is -2.22. The quantitative estimate of drug-likeness (QED) is 0.674. The highest BCUT2D eigenvalue weighted by atomic mass is 16.3. The Morgan fingerprint density at radius 3 is 2.76 bits per heavy atom. The molecule has 2 N–H and O–H groups in total. The molecular formula is C22H32N4O3. The molecule has 29 heavy (non-hydrogen) atoms. The fraction of sp³-hybridized carbons (Fsp3) is 0.545. The van der Waals surface area contributed by atoms with Crippen molar-refractivity contribution in [1.82, 2.24) is 14.8 Å². The molecule has 158 valence electrons. The largest absolute Gasteiger partial charge is 0.447 e. The van der Waals surface area contributed by atoms with Crippen LogP contribution in [-0.4, -0.2) is 64.6 Å². The van der Waals surface area contributed by atoms with Gasteiger partial charge in [0.25, 0.3) is 5.91 Å². The van der Waals surface area contributed by atoms with Crippen LogP contribution in [0.5, 0.6) is 0 Å². The summed E-state index contributed by atoms with van der Waals surface area (Å²) in [5.41, 5.74) is 2.12. The van der Waals surface area contributed by atoms with Crippen molar-refractivity contribution in [3.63, 3.8) is 0 Å². The van der Waals surface area contributed by atoms with Gasteiger partial charge in [0, 0.05) is 38.4 Å². The summed E-state index contributed by atoms with van der Waals surface area (Å²) in [4.78, 5) is 21.3. The summed E-state index contributed by atoms with van der Waals surface area (Å²) in [6.07, 6.45) is 4.25. The number of nitrogens with one attached hydrogen (secondary N) is 1. The summed E-state index contributed by atoms with van der Waals surface area (Å²) in [6.45, 7) is 9.10. The molecule has 0 spiro atoms. The third-order valence-corrected chi connectivity index (χ3v) is 5.24. The highest BCUT2D eigenvalue weighted by Gasteiger charge is 2.21. The smallest absolute Gasteiger partial charge is 0.277 e. The Balaban J connectivity index is 1.44. The third kappa shape index (κ3) is 6.66. The molecule has 1 fully saturated rings. The van der Waals surface area contributed by atoms with Gasteiger partial charge < -0.3 is 14.8 Å². The first-order chi connectivity index (χ1) is 14.0. The zero-order valence-electron chi connectivity index (χ0n) is 17.4. The SMILES string of the molecule is CCCCC(O)CN1CCN(Cc2nc(C(=O)Nc3cccc(C)c3)co2)CC1. The Morgan fingerprint density at radius 2 is 2.03 bits per heavy atom. The molecule has 7 heteroatoms. The number of aromatic nitrogens is 1. The lowest BCUT2D eigenvalue weighted by Crippen LogP contribution is -2.48. The second kappa shape index (κ2) is 10.5. The number of nitrogens with zero attached hydrogens (tertiary/aromatic N) is 3. The van der Waals surface area contributed by atoms with E-state index >= 15 is 0 Å². The van der Waals surface area contributed by atoms with Gasteiger partial charge in [-0.3, -0.25) is 14.6 Å². The fourth-order valence-corrected chi connectivity index (χ4v) is 3.56. The number of hydrogen-bond acceptors (Lipinski definition) is 6. The number of rotatable bonds is 9. The van der Waals surface area contributed by atoms with Crippen molar-refractivity contribution in [3.8, 4) is 0 Å². The molecule has 0 radical (unpaired) electrons. The lowest BCUT2D eigenvalue weighted by molar-refractivity contribution is 0.0627. The standard InChI is InChI=1S/C22H32N4O3/c1-3-4-8-19(27)14-25-9-11-26(12-10-25)15-21-24-20(16-29-21)22(28)23-18-7-5-6-17(2)13-18/h5-7,13,16,19,27H,3-4,8-12,14-15H2,1-2H3,(H,23,28). The molecule has 2 heterocycles. The predicted molar refractivity (Wildman–Crippen MR) is 113 cm³/mol. The normalized spacial score (nSPS) is 16.7. The number of carbonyl (C=O) groups is 1. The maximum absolute atomic E-state index is 12.4. The first-order valence-corrected chi connectivity index (χ1v) is 10.5. The van der Waals surface area contributed by atoms with E-state index in [1.807, 2.05) is 31.2 Å². The molecule has 1 aromatic carbocycles. The molecule has 1 amide bonds. The van der Waals surface area contributed by atoms with Gasteiger partial charge in [-0.25, -0.2) is 4.98 Å². The number of β-amino-alcohol motifs (C(OH)–C–C–N with tert-alkyl or cyclic N) is 1. The molecular weight excluding hydrogens is 368 g/mol. The van der Waals surface area contributed by atoms with Crippen molar-refractivity contribution in [2.75, 3.05) is 38.0 Å². The highest BCUT2D eigenvalue weighted by Crippen LogP contribution is 2.13. The average Bonchev–Trinajstić information content (AvgIpc) is 3.16. The van der Waals surface area contributed by atoms with Crippen LogP contribution in [0, 0.1) is 6.92 Å². The average molecular weight is 401 g/mol. The van der Waals surface area contributed by atoms with Gasteiger partial charge >= 0.3 is 0 Å². The van der Waals surface area contributed by atoms with Crippen LogP contribution in [0.4, 0.5) is 5.69 Å². The van der Waals surface area contributed by atoms with Crippen LogP contribution in [0.3, 0.4) is 0 Å². The second-order valence-electron chi connectivity index (χ2n) is 7.82. The number of piperazine rings is 1. The van der Waals surface area contributed by atoms with E-state index in [2.05, 4.69) is 27.0 Å². The fourth-order valence-electron chi connectivity index (χ4n) is 3.56. The summed E-state index contributed by atoms with van der Waals surface area (Å²) >= 11 is 0. The maximum atomic E-state index is 12.4. The van der Waals surface area contributed by atoms with E-state index in [1.54, 1.807) is 0 Å². The molecule has 1 aliphatic rings. The van der Waals surface area contributed by atoms with Crippen LogP contribution >= 0.6 is 0 Å². The van der Waals surface area contributed by atoms with E-state index in [-0.39, 0.29) is 12.0 Å². The lowest BCUT2D eigenvalue weighted by atomic mass is 10.1. The molecule has 1 aliphatic heterocycles. The van der Waals surface area contributed by atoms with Crippen LogP contribution in [-0.2, 0) is 6.54 Å². The number of carbonyl (C=O) groups excluding carboxylic acids is 1. The summed E-state index contributed by atoms with van der Waals surface area (Å²) < 4.78 is 5.52. The Morgan fingerprint density at radius 1 is 1.28 bits per heavy atom. The molecule has 1 aromatic heterocycles. The molecule has 1 unspecified atom stereocenters. The minimum Gasteiger partial charge on any atom is -0.447 e. The third-order valence-electron chi connectivity index (χ3n) is 5.24. The van der Waals surface area contributed by atoms with Crippen LogP contribution < -0.4 is 5.32 Å². The van der Waals surface area contributed by atoms with Gasteiger partial charge in [0.1, 0.15) is 6.26 Å². The molecule has 3 rings (SSSR count). The topological polar surface area (TPSA) is 81.8 Å². The van der Waals surface area contributed by atoms with Crippen LogP contribution in [0.25, 0.3) is 0 Å². The van der Waals surface area contributed by atoms with Gasteiger partial charge in [-0.15, -0.1) is 0 Å². The number of oxazole rings is 1. The number of aliphatic hydroxyl groups is 1. The zero-order valence-corrected chi connectivity index (χ0v) is 17.4. The van der Waals surface area contributed by atoms with Gasteiger partial charge in [0.2, 0.25) is 5.89 Å². The lowest BCUT2D eigenvalue weighted by Gasteiger charge is -2.35. The van der Waals surface area contributed by atoms with Gasteiger partial charge in [-0.2, -0.15) is 0 Å². The maximum Gasteiger partial charge on any atom is 0.277 e. The first kappa shape index (κ1) is 21.5. The van der Waals surface area contributed by atoms with Gasteiger partial charge in [0.15, 0.2) is 5.69 Å². The van der Waals surface area contributed by atoms with Crippen LogP contribution in [0.1, 0.15) is 48.1 Å². The van der Waals surface area contributed by atoms with Crippen molar-refractivity contribution in [1.29, 1.82) is 0 Å². The summed E-state index contributed by atoms with van der Waals surface area (Å²) in [6, 6.07) is 7.65. The summed E-state index contributed by atoms with van der Waals surface area (Å²) in [5, 5.41) is 12.9. The minimum atomic E-state index is -0.267. The number of amides is 1. The molecule has 1 atom stereocenters. The van der Waals surface area contributed by atoms with E-state index in [1.165, 1.54) is 6.26 Å². The monoisotopic (exact) mass is 400 g/mol. The molecule has 0 bridgehead atoms. The summed E-state index contributed by atoms with van der Waals surface area (Å²) in [5.74, 6) is 0.285. The molecule has 2 aromatic rings. The van der Waals surface area contributed by atoms with E-state index in [4.69, 9.17) is 4.42 Å². The number of benzene rings is 1. The Bertz CT molecular complexity index is 784.